The molecule has 0 N–H and O–H groups in total. The predicted molar refractivity (Wildman–Crippen MR) is 316 cm³/mol. The maximum Gasteiger partial charge on any atom is 0.137 e. The van der Waals surface area contributed by atoms with Gasteiger partial charge in [0.2, 0.25) is 0 Å². The van der Waals surface area contributed by atoms with Crippen LogP contribution < -0.4 is 9.80 Å². The molecule has 1 aromatic heterocycles. The molecule has 0 radical (unpaired) electrons. The Balaban J connectivity index is 0.862. The van der Waals surface area contributed by atoms with Gasteiger partial charge >= 0.3 is 0 Å². The van der Waals surface area contributed by atoms with Crippen molar-refractivity contribution in [3.63, 3.8) is 0 Å². The Bertz CT molecular complexity index is 4130. The van der Waals surface area contributed by atoms with Crippen LogP contribution in [0.5, 0.6) is 0 Å². The van der Waals surface area contributed by atoms with E-state index in [-0.39, 0.29) is 16.2 Å². The van der Waals surface area contributed by atoms with Gasteiger partial charge in [0, 0.05) is 67.2 Å². The molecule has 1 spiro atoms. The van der Waals surface area contributed by atoms with Crippen molar-refractivity contribution < 1.29 is 4.42 Å². The van der Waals surface area contributed by atoms with Crippen LogP contribution in [0.3, 0.4) is 0 Å². The van der Waals surface area contributed by atoms with Crippen molar-refractivity contribution in [1.82, 2.24) is 0 Å². The minimum atomic E-state index is -0.0727. The molecule has 2 unspecified atom stereocenters. The summed E-state index contributed by atoms with van der Waals surface area (Å²) in [6, 6.07) is 70.0. The number of nitrogens with zero attached hydrogens (tertiary/aromatic N) is 2. The molecular weight excluding hydrogens is 921 g/mol. The molecule has 4 bridgehead atoms. The summed E-state index contributed by atoms with van der Waals surface area (Å²) < 4.78 is 7.17. The molecule has 0 aliphatic heterocycles. The highest BCUT2D eigenvalue weighted by atomic mass is 16.3. The maximum absolute atomic E-state index is 7.17. The van der Waals surface area contributed by atoms with Gasteiger partial charge in [-0.2, -0.15) is 0 Å². The molecule has 0 saturated heterocycles. The molecule has 4 fully saturated rings. The lowest BCUT2D eigenvalue weighted by molar-refractivity contribution is -0.0888. The third kappa shape index (κ3) is 6.00. The summed E-state index contributed by atoms with van der Waals surface area (Å²) in [5, 5.41) is 2.42. The van der Waals surface area contributed by atoms with Gasteiger partial charge < -0.3 is 14.2 Å². The SMILES string of the molecule is Cc1cccc(N(c2ccc3c(c2)-c2ccccc2C3(C)C)c2ccc3c(c2)C2(c4cc5c(cc4-3)oc3cc(N(c4cccc(C)c4)c4ccc6c(c4)-c4ccccc4C6(C)C)ccc35)C3CC4CC2CC(C)(C4)C3)c1. The minimum Gasteiger partial charge on any atom is -0.456 e. The Morgan fingerprint density at radius 2 is 0.829 bits per heavy atom. The van der Waals surface area contributed by atoms with Crippen molar-refractivity contribution in [2.45, 2.75) is 96.8 Å². The molecule has 10 aromatic rings. The van der Waals surface area contributed by atoms with Crippen LogP contribution in [0.25, 0.3) is 55.3 Å². The quantitative estimate of drug-likeness (QED) is 0.166. The standard InChI is InChI=1S/C73H64N2O/c1-43-14-12-16-48(30-43)74(50-24-28-64-58(34-50)54-18-8-10-20-62(54)70(64,3)4)52-22-26-56-60-39-69-61(38-67(60)73(66(56)36-52)46-32-45-33-47(73)42-72(7,40-45)41-46)57-27-23-53(37-68(57)76-69)75(49-17-13-15-44(2)31-49)51-25-29-65-59(35-51)55-19-9-11-21-63(55)71(65,5)6/h8-31,34-39,45-47H,32-33,40-42H2,1-7H3. The van der Waals surface area contributed by atoms with E-state index in [1.807, 2.05) is 0 Å². The Hall–Kier alpha value is -7.62. The van der Waals surface area contributed by atoms with Crippen LogP contribution >= 0.6 is 0 Å². The molecule has 4 saturated carbocycles. The van der Waals surface area contributed by atoms with Gasteiger partial charge in [-0.25, -0.2) is 0 Å². The van der Waals surface area contributed by atoms with E-state index in [0.29, 0.717) is 17.3 Å². The van der Waals surface area contributed by atoms with E-state index in [2.05, 4.69) is 240 Å². The normalized spacial score (nSPS) is 23.1. The van der Waals surface area contributed by atoms with Crippen molar-refractivity contribution >= 4 is 56.1 Å². The summed E-state index contributed by atoms with van der Waals surface area (Å²) in [7, 11) is 0. The van der Waals surface area contributed by atoms with Crippen LogP contribution in [-0.2, 0) is 16.2 Å². The molecule has 3 heteroatoms. The average molecular weight is 985 g/mol. The first kappa shape index (κ1) is 44.7. The van der Waals surface area contributed by atoms with Crippen molar-refractivity contribution in [1.29, 1.82) is 0 Å². The molecule has 9 aromatic carbocycles. The van der Waals surface area contributed by atoms with Gasteiger partial charge in [-0.3, -0.25) is 0 Å². The van der Waals surface area contributed by atoms with Crippen molar-refractivity contribution in [2.75, 3.05) is 9.80 Å². The lowest BCUT2D eigenvalue weighted by atomic mass is 9.39. The van der Waals surface area contributed by atoms with Gasteiger partial charge in [0.1, 0.15) is 11.2 Å². The third-order valence-corrected chi connectivity index (χ3v) is 20.2. The number of hydrogen-bond acceptors (Lipinski definition) is 3. The van der Waals surface area contributed by atoms with E-state index < -0.39 is 0 Å². The van der Waals surface area contributed by atoms with Gasteiger partial charge in [-0.15, -0.1) is 0 Å². The molecule has 0 amide bonds. The van der Waals surface area contributed by atoms with Crippen LogP contribution in [0.2, 0.25) is 0 Å². The number of benzene rings is 9. The number of furan rings is 1. The number of fused-ring (bicyclic) bond motifs is 12. The summed E-state index contributed by atoms with van der Waals surface area (Å²) in [6.07, 6.45) is 6.59. The predicted octanol–water partition coefficient (Wildman–Crippen LogP) is 19.9. The molecule has 1 heterocycles. The Morgan fingerprint density at radius 3 is 1.41 bits per heavy atom. The Morgan fingerprint density at radius 1 is 0.368 bits per heavy atom. The number of anilines is 6. The lowest BCUT2D eigenvalue weighted by Crippen LogP contribution is -2.58. The fourth-order valence-corrected chi connectivity index (χ4v) is 17.3. The van der Waals surface area contributed by atoms with Crippen molar-refractivity contribution in [3.05, 3.63) is 226 Å². The molecule has 372 valence electrons. The average Bonchev–Trinajstić information content (AvgIpc) is 4.18. The Kier molecular flexibility index (Phi) is 8.98. The van der Waals surface area contributed by atoms with Crippen molar-refractivity contribution in [3.8, 4) is 33.4 Å². The second-order valence-corrected chi connectivity index (χ2v) is 25.6. The minimum absolute atomic E-state index is 0.0525. The van der Waals surface area contributed by atoms with E-state index >= 15 is 0 Å². The molecule has 7 aliphatic carbocycles. The third-order valence-electron chi connectivity index (χ3n) is 20.2. The maximum atomic E-state index is 7.17. The number of rotatable bonds is 6. The van der Waals surface area contributed by atoms with Crippen LogP contribution in [0.1, 0.15) is 111 Å². The topological polar surface area (TPSA) is 19.6 Å². The second-order valence-electron chi connectivity index (χ2n) is 25.6. The van der Waals surface area contributed by atoms with Crippen molar-refractivity contribution in [2.24, 2.45) is 23.2 Å². The first-order valence-electron chi connectivity index (χ1n) is 28.1. The van der Waals surface area contributed by atoms with E-state index in [0.717, 1.165) is 34.1 Å². The number of hydrogen-bond donors (Lipinski definition) is 0. The zero-order chi connectivity index (χ0) is 51.2. The molecule has 17 rings (SSSR count). The first-order chi connectivity index (χ1) is 36.8. The smallest absolute Gasteiger partial charge is 0.137 e. The van der Waals surface area contributed by atoms with Crippen LogP contribution in [0.15, 0.2) is 186 Å². The van der Waals surface area contributed by atoms with Gasteiger partial charge in [0.25, 0.3) is 0 Å². The van der Waals surface area contributed by atoms with Crippen LogP contribution in [-0.4, -0.2) is 0 Å². The van der Waals surface area contributed by atoms with E-state index in [1.165, 1.54) is 138 Å². The summed E-state index contributed by atoms with van der Waals surface area (Å²) in [5.74, 6) is 1.98. The molecule has 2 atom stereocenters. The summed E-state index contributed by atoms with van der Waals surface area (Å²) >= 11 is 0. The monoisotopic (exact) mass is 985 g/mol. The molecule has 76 heavy (non-hydrogen) atoms. The molecular formula is C73H64N2O. The summed E-state index contributed by atoms with van der Waals surface area (Å²) in [4.78, 5) is 4.98. The highest BCUT2D eigenvalue weighted by Crippen LogP contribution is 2.73. The lowest BCUT2D eigenvalue weighted by Gasteiger charge is -2.64. The summed E-state index contributed by atoms with van der Waals surface area (Å²) in [5.41, 5.74) is 28.4. The molecule has 7 aliphatic rings. The second kappa shape index (κ2) is 15.3. The number of aryl methyl sites for hydroxylation is 2. The van der Waals surface area contributed by atoms with Gasteiger partial charge in [0.15, 0.2) is 0 Å². The fourth-order valence-electron chi connectivity index (χ4n) is 17.3. The summed E-state index contributed by atoms with van der Waals surface area (Å²) in [6.45, 7) is 16.5. The molecule has 3 nitrogen and oxygen atoms in total. The van der Waals surface area contributed by atoms with E-state index in [1.54, 1.807) is 0 Å². The van der Waals surface area contributed by atoms with Crippen LogP contribution in [0, 0.1) is 37.0 Å². The highest BCUT2D eigenvalue weighted by molar-refractivity contribution is 6.09. The zero-order valence-corrected chi connectivity index (χ0v) is 44.9. The zero-order valence-electron chi connectivity index (χ0n) is 44.9. The largest absolute Gasteiger partial charge is 0.456 e. The first-order valence-corrected chi connectivity index (χ1v) is 28.1. The van der Waals surface area contributed by atoms with Crippen LogP contribution in [0.4, 0.5) is 34.1 Å². The van der Waals surface area contributed by atoms with Gasteiger partial charge in [-0.1, -0.05) is 126 Å². The van der Waals surface area contributed by atoms with Gasteiger partial charge in [0.05, 0.1) is 0 Å². The highest BCUT2D eigenvalue weighted by Gasteiger charge is 2.64. The fraction of sp³-hybridized carbons (Fsp3) is 0.260. The van der Waals surface area contributed by atoms with Gasteiger partial charge in [-0.05, 0) is 232 Å². The van der Waals surface area contributed by atoms with E-state index in [4.69, 9.17) is 4.42 Å². The van der Waals surface area contributed by atoms with E-state index in [9.17, 15) is 0 Å². The Labute approximate surface area is 447 Å².